The van der Waals surface area contributed by atoms with Gasteiger partial charge < -0.3 is 25.2 Å². The van der Waals surface area contributed by atoms with E-state index in [1.54, 1.807) is 48.1 Å². The van der Waals surface area contributed by atoms with Gasteiger partial charge in [0, 0.05) is 30.9 Å². The van der Waals surface area contributed by atoms with E-state index in [1.165, 1.54) is 12.1 Å². The summed E-state index contributed by atoms with van der Waals surface area (Å²) in [6, 6.07) is 9.74. The Labute approximate surface area is 222 Å². The summed E-state index contributed by atoms with van der Waals surface area (Å²) in [4.78, 5) is 36.6. The minimum Gasteiger partial charge on any atom is -0.465 e. The number of pyridine rings is 2. The first-order valence-electron chi connectivity index (χ1n) is 12.4. The predicted molar refractivity (Wildman–Crippen MR) is 140 cm³/mol. The minimum atomic E-state index is -1.35. The number of nitrogens with zero attached hydrogens (tertiary/aromatic N) is 5. The van der Waals surface area contributed by atoms with Crippen molar-refractivity contribution in [3.63, 3.8) is 0 Å². The van der Waals surface area contributed by atoms with E-state index in [1.807, 2.05) is 6.07 Å². The summed E-state index contributed by atoms with van der Waals surface area (Å²) in [5.74, 6) is -0.594. The number of morpholine rings is 1. The molecule has 4 aromatic rings. The predicted octanol–water partition coefficient (Wildman–Crippen LogP) is 3.50. The van der Waals surface area contributed by atoms with Crippen molar-refractivity contribution in [2.75, 3.05) is 29.9 Å². The molecular formula is C27H25FN6O5. The number of carbonyl (C=O) groups excluding carboxylic acids is 1. The number of aliphatic hydroxyl groups is 1. The summed E-state index contributed by atoms with van der Waals surface area (Å²) < 4.78 is 21.0. The van der Waals surface area contributed by atoms with E-state index in [0.717, 1.165) is 10.6 Å². The number of carbonyl (C=O) groups is 2. The highest BCUT2D eigenvalue weighted by Crippen LogP contribution is 2.38. The molecule has 0 saturated carbocycles. The summed E-state index contributed by atoms with van der Waals surface area (Å²) in [7, 11) is 0. The average Bonchev–Trinajstić information content (AvgIpc) is 3.50. The third kappa shape index (κ3) is 4.43. The Bertz CT molecular complexity index is 1590. The van der Waals surface area contributed by atoms with Crippen molar-refractivity contribution in [3.8, 4) is 11.3 Å². The number of aromatic nitrogens is 3. The van der Waals surface area contributed by atoms with E-state index < -0.39 is 23.9 Å². The number of amides is 2. The number of hydrogen-bond donors (Lipinski definition) is 3. The number of imidazole rings is 1. The van der Waals surface area contributed by atoms with Crippen LogP contribution >= 0.6 is 0 Å². The van der Waals surface area contributed by atoms with Crippen molar-refractivity contribution in [1.82, 2.24) is 19.3 Å². The van der Waals surface area contributed by atoms with Crippen molar-refractivity contribution in [2.45, 2.75) is 25.7 Å². The van der Waals surface area contributed by atoms with Crippen LogP contribution in [0.3, 0.4) is 0 Å². The normalized spacial score (nSPS) is 17.9. The van der Waals surface area contributed by atoms with Crippen LogP contribution in [0.1, 0.15) is 22.8 Å². The Morgan fingerprint density at radius 2 is 2.05 bits per heavy atom. The third-order valence-electron chi connectivity index (χ3n) is 7.08. The summed E-state index contributed by atoms with van der Waals surface area (Å²) in [6.45, 7) is 3.28. The van der Waals surface area contributed by atoms with Gasteiger partial charge in [-0.15, -0.1) is 0 Å². The monoisotopic (exact) mass is 532 g/mol. The lowest BCUT2D eigenvalue weighted by atomic mass is 9.99. The van der Waals surface area contributed by atoms with Crippen LogP contribution < -0.4 is 10.2 Å². The van der Waals surface area contributed by atoms with Crippen LogP contribution in [-0.2, 0) is 11.3 Å². The van der Waals surface area contributed by atoms with Crippen LogP contribution in [0, 0.1) is 5.82 Å². The van der Waals surface area contributed by atoms with Gasteiger partial charge in [-0.05, 0) is 36.8 Å². The SMILES string of the molecule is C[C@H](O)C1CN(c2ccc(Nc3ccc(-c4cnc5cc(F)ccn45)c4c3C(=O)N(C(=O)O)C4)nc2)CCO1. The number of aliphatic hydroxyl groups excluding tert-OH is 1. The molecule has 3 aromatic heterocycles. The van der Waals surface area contributed by atoms with Gasteiger partial charge >= 0.3 is 6.09 Å². The van der Waals surface area contributed by atoms with E-state index in [0.29, 0.717) is 53.7 Å². The van der Waals surface area contributed by atoms with Crippen LogP contribution in [-0.4, -0.2) is 73.4 Å². The fourth-order valence-electron chi connectivity index (χ4n) is 5.06. The van der Waals surface area contributed by atoms with Crippen LogP contribution in [0.5, 0.6) is 0 Å². The number of carboxylic acid groups (broad SMARTS) is 1. The minimum absolute atomic E-state index is 0.128. The molecule has 2 atom stereocenters. The highest BCUT2D eigenvalue weighted by Gasteiger charge is 2.37. The van der Waals surface area contributed by atoms with Gasteiger partial charge in [0.25, 0.3) is 5.91 Å². The molecule has 2 aliphatic heterocycles. The molecule has 5 heterocycles. The molecule has 11 nitrogen and oxygen atoms in total. The molecule has 0 aliphatic carbocycles. The van der Waals surface area contributed by atoms with E-state index in [9.17, 15) is 24.2 Å². The smallest absolute Gasteiger partial charge is 0.414 e. The van der Waals surface area contributed by atoms with Crippen molar-refractivity contribution in [3.05, 3.63) is 71.9 Å². The summed E-state index contributed by atoms with van der Waals surface area (Å²) in [5.41, 5.74) is 3.66. The first-order chi connectivity index (χ1) is 18.8. The molecule has 0 spiro atoms. The van der Waals surface area contributed by atoms with Crippen molar-refractivity contribution in [2.24, 2.45) is 0 Å². The molecule has 0 bridgehead atoms. The zero-order valence-electron chi connectivity index (χ0n) is 20.9. The number of fused-ring (bicyclic) bond motifs is 2. The lowest BCUT2D eigenvalue weighted by Gasteiger charge is -2.35. The van der Waals surface area contributed by atoms with E-state index >= 15 is 0 Å². The Hall–Kier alpha value is -4.55. The van der Waals surface area contributed by atoms with Gasteiger partial charge in [-0.3, -0.25) is 9.20 Å². The van der Waals surface area contributed by atoms with Crippen molar-refractivity contribution >= 4 is 34.8 Å². The number of rotatable bonds is 5. The van der Waals surface area contributed by atoms with Crippen molar-refractivity contribution in [1.29, 1.82) is 0 Å². The Morgan fingerprint density at radius 3 is 2.79 bits per heavy atom. The average molecular weight is 533 g/mol. The number of ether oxygens (including phenoxy) is 1. The second-order valence-electron chi connectivity index (χ2n) is 9.53. The molecule has 0 radical (unpaired) electrons. The molecule has 1 aromatic carbocycles. The zero-order chi connectivity index (χ0) is 27.3. The first-order valence-corrected chi connectivity index (χ1v) is 12.4. The fraction of sp³-hybridized carbons (Fsp3) is 0.259. The Morgan fingerprint density at radius 1 is 1.21 bits per heavy atom. The summed E-state index contributed by atoms with van der Waals surface area (Å²) >= 11 is 0. The van der Waals surface area contributed by atoms with E-state index in [4.69, 9.17) is 4.74 Å². The molecule has 2 aliphatic rings. The van der Waals surface area contributed by atoms with Gasteiger partial charge in [-0.2, -0.15) is 0 Å². The molecule has 2 amide bonds. The van der Waals surface area contributed by atoms with Gasteiger partial charge in [-0.1, -0.05) is 6.07 Å². The maximum absolute atomic E-state index is 13.7. The van der Waals surface area contributed by atoms with Crippen molar-refractivity contribution < 1.29 is 28.9 Å². The van der Waals surface area contributed by atoms with Crippen LogP contribution in [0.15, 0.2) is 55.0 Å². The van der Waals surface area contributed by atoms with Gasteiger partial charge in [0.1, 0.15) is 23.4 Å². The van der Waals surface area contributed by atoms with Crippen LogP contribution in [0.4, 0.5) is 26.4 Å². The lowest BCUT2D eigenvalue weighted by Crippen LogP contribution is -2.47. The Kier molecular flexibility index (Phi) is 6.12. The van der Waals surface area contributed by atoms with Crippen LogP contribution in [0.25, 0.3) is 16.9 Å². The standard InChI is InChI=1S/C27H25FN6O5/c1-15(35)22-14-32(8-9-39-22)17-2-5-23(29-11-17)31-20-4-3-18(19-13-34(27(37)38)26(36)25(19)20)21-12-30-24-10-16(28)6-7-33(21)24/h2-7,10-12,15,22,35H,8-9,13-14H2,1H3,(H,29,31)(H,37,38)/t15-,22?/m0/s1. The van der Waals surface area contributed by atoms with Gasteiger partial charge in [0.05, 0.1) is 54.3 Å². The molecule has 3 N–H and O–H groups in total. The van der Waals surface area contributed by atoms with Gasteiger partial charge in [-0.25, -0.2) is 24.1 Å². The molecule has 1 unspecified atom stereocenters. The second-order valence-corrected chi connectivity index (χ2v) is 9.53. The highest BCUT2D eigenvalue weighted by molar-refractivity contribution is 6.11. The zero-order valence-corrected chi connectivity index (χ0v) is 20.9. The number of hydrogen-bond acceptors (Lipinski definition) is 8. The number of halogens is 1. The number of imide groups is 1. The maximum Gasteiger partial charge on any atom is 0.414 e. The van der Waals surface area contributed by atoms with Gasteiger partial charge in [0.2, 0.25) is 0 Å². The summed E-state index contributed by atoms with van der Waals surface area (Å²) in [6.07, 6.45) is 2.59. The van der Waals surface area contributed by atoms with E-state index in [2.05, 4.69) is 20.2 Å². The highest BCUT2D eigenvalue weighted by atomic mass is 19.1. The molecule has 1 fully saturated rings. The van der Waals surface area contributed by atoms with Crippen LogP contribution in [0.2, 0.25) is 0 Å². The van der Waals surface area contributed by atoms with E-state index in [-0.39, 0.29) is 18.2 Å². The number of nitrogens with one attached hydrogen (secondary N) is 1. The largest absolute Gasteiger partial charge is 0.465 e. The third-order valence-corrected chi connectivity index (χ3v) is 7.08. The molecule has 12 heteroatoms. The molecule has 6 rings (SSSR count). The number of benzene rings is 1. The number of anilines is 3. The quantitative estimate of drug-likeness (QED) is 0.353. The lowest BCUT2D eigenvalue weighted by molar-refractivity contribution is -0.0364. The molecule has 1 saturated heterocycles. The Balaban J connectivity index is 1.33. The van der Waals surface area contributed by atoms with Gasteiger partial charge in [0.15, 0.2) is 0 Å². The maximum atomic E-state index is 13.7. The second kappa shape index (κ2) is 9.64. The fourth-order valence-corrected chi connectivity index (χ4v) is 5.06. The topological polar surface area (TPSA) is 133 Å². The first kappa shape index (κ1) is 24.8. The summed E-state index contributed by atoms with van der Waals surface area (Å²) in [5, 5.41) is 22.7. The molecule has 200 valence electrons. The molecular weight excluding hydrogens is 507 g/mol. The molecule has 39 heavy (non-hydrogen) atoms.